The number of nitriles is 1. The lowest BCUT2D eigenvalue weighted by molar-refractivity contribution is -0.126. The summed E-state index contributed by atoms with van der Waals surface area (Å²) < 4.78 is 1.88. The molecule has 0 aliphatic heterocycles. The molecule has 1 fully saturated rings. The molecule has 0 unspecified atom stereocenters. The Bertz CT molecular complexity index is 612. The summed E-state index contributed by atoms with van der Waals surface area (Å²) in [7, 11) is 0. The molecule has 0 bridgehead atoms. The third-order valence-corrected chi connectivity index (χ3v) is 3.12. The van der Waals surface area contributed by atoms with Crippen molar-refractivity contribution in [3.05, 3.63) is 36.3 Å². The van der Waals surface area contributed by atoms with Gasteiger partial charge in [0.2, 0.25) is 0 Å². The fraction of sp³-hybridized carbons (Fsp3) is 0.250. The number of nitrogens with zero attached hydrogens (tertiary/aromatic N) is 3. The Hall–Kier alpha value is -2.15. The van der Waals surface area contributed by atoms with Gasteiger partial charge in [0.25, 0.3) is 0 Å². The van der Waals surface area contributed by atoms with Crippen molar-refractivity contribution in [1.82, 2.24) is 9.38 Å². The quantitative estimate of drug-likeness (QED) is 0.717. The van der Waals surface area contributed by atoms with Crippen LogP contribution in [0.2, 0.25) is 0 Å². The molecular formula is C12H9N3O. The summed E-state index contributed by atoms with van der Waals surface area (Å²) in [5, 5.41) is 9.24. The van der Waals surface area contributed by atoms with Crippen LogP contribution in [0, 0.1) is 11.3 Å². The molecule has 2 heterocycles. The van der Waals surface area contributed by atoms with Crippen LogP contribution in [0.3, 0.4) is 0 Å². The third kappa shape index (κ3) is 1.03. The minimum Gasteiger partial charge on any atom is -0.302 e. The fourth-order valence-electron chi connectivity index (χ4n) is 2.23. The summed E-state index contributed by atoms with van der Waals surface area (Å²) in [6.07, 6.45) is 4.20. The molecule has 2 aromatic rings. The average molecular weight is 211 g/mol. The first-order valence-electron chi connectivity index (χ1n) is 5.11. The van der Waals surface area contributed by atoms with E-state index in [0.29, 0.717) is 12.8 Å². The number of Topliss-reactive ketones (excluding diaryl/α,β-unsaturated/α-hetero) is 1. The van der Waals surface area contributed by atoms with Crippen LogP contribution in [-0.4, -0.2) is 15.2 Å². The molecule has 0 radical (unpaired) electrons. The maximum atomic E-state index is 11.1. The topological polar surface area (TPSA) is 58.2 Å². The second-order valence-electron chi connectivity index (χ2n) is 4.16. The van der Waals surface area contributed by atoms with Crippen LogP contribution in [0.25, 0.3) is 5.65 Å². The zero-order valence-corrected chi connectivity index (χ0v) is 8.55. The zero-order chi connectivity index (χ0) is 11.2. The number of hydrogen-bond donors (Lipinski definition) is 0. The number of fused-ring (bicyclic) bond motifs is 1. The van der Waals surface area contributed by atoms with Gasteiger partial charge >= 0.3 is 0 Å². The molecule has 0 aromatic carbocycles. The van der Waals surface area contributed by atoms with Crippen molar-refractivity contribution in [1.29, 1.82) is 5.26 Å². The van der Waals surface area contributed by atoms with Gasteiger partial charge in [-0.1, -0.05) is 6.07 Å². The molecule has 0 amide bonds. The Morgan fingerprint density at radius 3 is 2.94 bits per heavy atom. The van der Waals surface area contributed by atoms with E-state index in [4.69, 9.17) is 0 Å². The van der Waals surface area contributed by atoms with Gasteiger partial charge in [0, 0.05) is 19.0 Å². The van der Waals surface area contributed by atoms with E-state index in [2.05, 4.69) is 11.1 Å². The monoisotopic (exact) mass is 211 g/mol. The van der Waals surface area contributed by atoms with Crippen molar-refractivity contribution in [2.75, 3.05) is 0 Å². The van der Waals surface area contributed by atoms with Crippen molar-refractivity contribution in [3.8, 4) is 6.07 Å². The molecule has 4 heteroatoms. The molecule has 1 aliphatic carbocycles. The fourth-order valence-corrected chi connectivity index (χ4v) is 2.23. The Morgan fingerprint density at radius 1 is 1.44 bits per heavy atom. The molecule has 0 N–H and O–H groups in total. The van der Waals surface area contributed by atoms with Crippen molar-refractivity contribution in [3.63, 3.8) is 0 Å². The first-order chi connectivity index (χ1) is 7.75. The maximum Gasteiger partial charge on any atom is 0.136 e. The predicted molar refractivity (Wildman–Crippen MR) is 56.7 cm³/mol. The normalized spacial score (nSPS) is 18.1. The Labute approximate surface area is 92.1 Å². The highest BCUT2D eigenvalue weighted by atomic mass is 16.1. The summed E-state index contributed by atoms with van der Waals surface area (Å²) in [6, 6.07) is 7.93. The highest BCUT2D eigenvalue weighted by Crippen LogP contribution is 2.40. The van der Waals surface area contributed by atoms with E-state index < -0.39 is 5.41 Å². The van der Waals surface area contributed by atoms with E-state index in [1.165, 1.54) is 0 Å². The van der Waals surface area contributed by atoms with Gasteiger partial charge in [-0.05, 0) is 12.1 Å². The van der Waals surface area contributed by atoms with Crippen molar-refractivity contribution < 1.29 is 4.79 Å². The van der Waals surface area contributed by atoms with Gasteiger partial charge in [-0.25, -0.2) is 4.98 Å². The molecule has 3 rings (SSSR count). The summed E-state index contributed by atoms with van der Waals surface area (Å²) in [4.78, 5) is 15.4. The number of aromatic nitrogens is 2. The minimum absolute atomic E-state index is 0.146. The van der Waals surface area contributed by atoms with Crippen LogP contribution in [0.4, 0.5) is 0 Å². The van der Waals surface area contributed by atoms with E-state index in [1.807, 2.05) is 28.8 Å². The molecule has 1 aliphatic rings. The lowest BCUT2D eigenvalue weighted by Gasteiger charge is -2.32. The van der Waals surface area contributed by atoms with E-state index >= 15 is 0 Å². The predicted octanol–water partition coefficient (Wildman–Crippen LogP) is 1.46. The highest BCUT2D eigenvalue weighted by molar-refractivity contribution is 5.90. The SMILES string of the molecule is N#CC1(c2cnc3ccccn23)CC(=O)C1. The zero-order valence-electron chi connectivity index (χ0n) is 8.55. The van der Waals surface area contributed by atoms with Gasteiger partial charge in [-0.15, -0.1) is 0 Å². The van der Waals surface area contributed by atoms with Crippen LogP contribution in [0.1, 0.15) is 18.5 Å². The Balaban J connectivity index is 2.20. The molecular weight excluding hydrogens is 202 g/mol. The summed E-state index contributed by atoms with van der Waals surface area (Å²) in [5.41, 5.74) is 0.981. The number of hydrogen-bond acceptors (Lipinski definition) is 3. The van der Waals surface area contributed by atoms with Crippen LogP contribution >= 0.6 is 0 Å². The van der Waals surface area contributed by atoms with Gasteiger partial charge in [-0.2, -0.15) is 5.26 Å². The molecule has 4 nitrogen and oxygen atoms in total. The highest BCUT2D eigenvalue weighted by Gasteiger charge is 2.47. The first kappa shape index (κ1) is 9.10. The second-order valence-corrected chi connectivity index (χ2v) is 4.16. The van der Waals surface area contributed by atoms with Crippen LogP contribution in [0.5, 0.6) is 0 Å². The van der Waals surface area contributed by atoms with E-state index in [-0.39, 0.29) is 5.78 Å². The number of ketones is 1. The largest absolute Gasteiger partial charge is 0.302 e. The van der Waals surface area contributed by atoms with Gasteiger partial charge in [0.1, 0.15) is 16.8 Å². The van der Waals surface area contributed by atoms with Gasteiger partial charge in [0.05, 0.1) is 18.0 Å². The number of carbonyl (C=O) groups is 1. The van der Waals surface area contributed by atoms with Gasteiger partial charge < -0.3 is 4.40 Å². The maximum absolute atomic E-state index is 11.1. The Kier molecular flexibility index (Phi) is 1.66. The van der Waals surface area contributed by atoms with Crippen molar-refractivity contribution in [2.45, 2.75) is 18.3 Å². The van der Waals surface area contributed by atoms with Gasteiger partial charge in [-0.3, -0.25) is 4.79 Å². The summed E-state index contributed by atoms with van der Waals surface area (Å²) in [5.74, 6) is 0.146. The first-order valence-corrected chi connectivity index (χ1v) is 5.11. The molecule has 78 valence electrons. The number of imidazole rings is 1. The van der Waals surface area contributed by atoms with Gasteiger partial charge in [0.15, 0.2) is 0 Å². The summed E-state index contributed by atoms with van der Waals surface area (Å²) in [6.45, 7) is 0. The third-order valence-electron chi connectivity index (χ3n) is 3.12. The molecule has 0 saturated heterocycles. The Morgan fingerprint density at radius 2 is 2.25 bits per heavy atom. The lowest BCUT2D eigenvalue weighted by atomic mass is 9.67. The molecule has 2 aromatic heterocycles. The van der Waals surface area contributed by atoms with Crippen LogP contribution in [0.15, 0.2) is 30.6 Å². The number of carbonyl (C=O) groups excluding carboxylic acids is 1. The van der Waals surface area contributed by atoms with Crippen molar-refractivity contribution in [2.24, 2.45) is 0 Å². The molecule has 1 saturated carbocycles. The van der Waals surface area contributed by atoms with E-state index in [0.717, 1.165) is 11.3 Å². The lowest BCUT2D eigenvalue weighted by Crippen LogP contribution is -2.41. The van der Waals surface area contributed by atoms with Crippen LogP contribution in [-0.2, 0) is 10.2 Å². The smallest absolute Gasteiger partial charge is 0.136 e. The standard InChI is InChI=1S/C12H9N3O/c13-8-12(5-9(16)6-12)10-7-14-11-3-1-2-4-15(10)11/h1-4,7H,5-6H2. The number of pyridine rings is 1. The minimum atomic E-state index is -0.655. The van der Waals surface area contributed by atoms with E-state index in [9.17, 15) is 10.1 Å². The van der Waals surface area contributed by atoms with Crippen molar-refractivity contribution >= 4 is 11.4 Å². The molecule has 0 spiro atoms. The van der Waals surface area contributed by atoms with E-state index in [1.54, 1.807) is 6.20 Å². The average Bonchev–Trinajstić information content (AvgIpc) is 2.68. The summed E-state index contributed by atoms with van der Waals surface area (Å²) >= 11 is 0. The second kappa shape index (κ2) is 2.92. The molecule has 0 atom stereocenters. The van der Waals surface area contributed by atoms with Crippen LogP contribution < -0.4 is 0 Å². The molecule has 16 heavy (non-hydrogen) atoms. The number of rotatable bonds is 1.